The van der Waals surface area contributed by atoms with Gasteiger partial charge in [-0.3, -0.25) is 4.79 Å². The van der Waals surface area contributed by atoms with Crippen molar-refractivity contribution in [3.63, 3.8) is 0 Å². The highest BCUT2D eigenvalue weighted by atomic mass is 16.4. The first-order valence-corrected chi connectivity index (χ1v) is 11.1. The van der Waals surface area contributed by atoms with Crippen LogP contribution in [0.1, 0.15) is 67.1 Å². The van der Waals surface area contributed by atoms with Crippen LogP contribution in [0.2, 0.25) is 0 Å². The third-order valence-corrected chi connectivity index (χ3v) is 6.25. The number of amides is 1. The van der Waals surface area contributed by atoms with Gasteiger partial charge in [-0.15, -0.1) is 10.2 Å². The van der Waals surface area contributed by atoms with E-state index < -0.39 is 0 Å². The predicted molar refractivity (Wildman–Crippen MR) is 120 cm³/mol. The molecule has 1 fully saturated rings. The van der Waals surface area contributed by atoms with Crippen LogP contribution in [0.5, 0.6) is 0 Å². The fourth-order valence-corrected chi connectivity index (χ4v) is 4.30. The second kappa shape index (κ2) is 8.22. The number of fused-ring (bicyclic) bond motifs is 1. The molecule has 1 aliphatic rings. The Morgan fingerprint density at radius 2 is 1.81 bits per heavy atom. The maximum atomic E-state index is 13.1. The van der Waals surface area contributed by atoms with Gasteiger partial charge in [0.05, 0.1) is 0 Å². The number of benzene rings is 2. The molecule has 0 saturated heterocycles. The Labute approximate surface area is 186 Å². The topological polar surface area (TPSA) is 85.3 Å². The lowest BCUT2D eigenvalue weighted by Gasteiger charge is -2.24. The molecule has 0 N–H and O–H groups in total. The van der Waals surface area contributed by atoms with Crippen LogP contribution in [0.15, 0.2) is 57.4 Å². The number of hydrogen-bond acceptors (Lipinski definition) is 6. The number of nitrogens with zero attached hydrogens (tertiary/aromatic N) is 4. The lowest BCUT2D eigenvalue weighted by Crippen LogP contribution is -2.35. The molecule has 1 amide bonds. The van der Waals surface area contributed by atoms with Gasteiger partial charge >= 0.3 is 0 Å². The van der Waals surface area contributed by atoms with E-state index in [0.717, 1.165) is 35.9 Å². The second-order valence-electron chi connectivity index (χ2n) is 8.78. The number of aromatic nitrogens is 3. The van der Waals surface area contributed by atoms with Crippen molar-refractivity contribution in [1.29, 1.82) is 0 Å². The quantitative estimate of drug-likeness (QED) is 0.421. The summed E-state index contributed by atoms with van der Waals surface area (Å²) in [4.78, 5) is 19.5. The van der Waals surface area contributed by atoms with E-state index in [0.29, 0.717) is 23.2 Å². The molecule has 164 valence electrons. The summed E-state index contributed by atoms with van der Waals surface area (Å²) in [5.41, 5.74) is 3.06. The molecule has 1 saturated carbocycles. The largest absolute Gasteiger partial charge is 0.436 e. The monoisotopic (exact) mass is 430 g/mol. The van der Waals surface area contributed by atoms with Gasteiger partial charge in [0.2, 0.25) is 17.7 Å². The molecule has 32 heavy (non-hydrogen) atoms. The molecule has 0 radical (unpaired) electrons. The Hall–Kier alpha value is -3.48. The Bertz CT molecular complexity index is 1210. The molecule has 2 atom stereocenters. The summed E-state index contributed by atoms with van der Waals surface area (Å²) in [6, 6.07) is 15.3. The van der Waals surface area contributed by atoms with Crippen LogP contribution in [0.4, 0.5) is 0 Å². The van der Waals surface area contributed by atoms with Crippen LogP contribution >= 0.6 is 0 Å². The lowest BCUT2D eigenvalue weighted by atomic mass is 10.1. The van der Waals surface area contributed by atoms with Crippen molar-refractivity contribution in [2.24, 2.45) is 0 Å². The van der Waals surface area contributed by atoms with Gasteiger partial charge < -0.3 is 13.7 Å². The second-order valence-corrected chi connectivity index (χ2v) is 8.78. The zero-order valence-corrected chi connectivity index (χ0v) is 18.5. The summed E-state index contributed by atoms with van der Waals surface area (Å²) < 4.78 is 11.7. The summed E-state index contributed by atoms with van der Waals surface area (Å²) >= 11 is 0. The van der Waals surface area contributed by atoms with E-state index in [1.807, 2.05) is 74.3 Å². The maximum absolute atomic E-state index is 13.1. The molecule has 0 aliphatic heterocycles. The van der Waals surface area contributed by atoms with Crippen LogP contribution in [-0.4, -0.2) is 39.1 Å². The van der Waals surface area contributed by atoms with Crippen LogP contribution in [0.3, 0.4) is 0 Å². The normalized spacial score (nSPS) is 18.5. The first kappa shape index (κ1) is 20.4. The van der Waals surface area contributed by atoms with Crippen molar-refractivity contribution < 1.29 is 13.6 Å². The van der Waals surface area contributed by atoms with E-state index in [4.69, 9.17) is 8.83 Å². The van der Waals surface area contributed by atoms with Crippen LogP contribution in [0.25, 0.3) is 22.6 Å². The first-order valence-electron chi connectivity index (χ1n) is 11.1. The van der Waals surface area contributed by atoms with E-state index >= 15 is 0 Å². The fraction of sp³-hybridized carbons (Fsp3) is 0.360. The van der Waals surface area contributed by atoms with Crippen molar-refractivity contribution in [3.05, 3.63) is 65.9 Å². The highest BCUT2D eigenvalue weighted by molar-refractivity contribution is 5.94. The lowest BCUT2D eigenvalue weighted by molar-refractivity contribution is 0.0733. The number of para-hydroxylation sites is 2. The van der Waals surface area contributed by atoms with Crippen molar-refractivity contribution in [2.45, 2.75) is 51.0 Å². The number of hydrogen-bond donors (Lipinski definition) is 0. The zero-order valence-electron chi connectivity index (χ0n) is 18.5. The van der Waals surface area contributed by atoms with Gasteiger partial charge in [0, 0.05) is 36.1 Å². The molecule has 2 aromatic heterocycles. The highest BCUT2D eigenvalue weighted by Crippen LogP contribution is 2.37. The molecular formula is C25H26N4O3. The number of carbonyl (C=O) groups excluding carboxylic acids is 1. The Morgan fingerprint density at radius 3 is 2.53 bits per heavy atom. The SMILES string of the molecule is CC(C)c1nnc(C2CCC(N(C)C(=O)c3ccc(-c4nc5ccccc5o4)cc3)C2)o1. The third-order valence-electron chi connectivity index (χ3n) is 6.25. The average Bonchev–Trinajstić information content (AvgIpc) is 3.56. The zero-order chi connectivity index (χ0) is 22.2. The molecule has 2 heterocycles. The number of oxazole rings is 1. The van der Waals surface area contributed by atoms with Gasteiger partial charge in [0.15, 0.2) is 5.58 Å². The summed E-state index contributed by atoms with van der Waals surface area (Å²) in [7, 11) is 1.87. The van der Waals surface area contributed by atoms with E-state index in [-0.39, 0.29) is 23.8 Å². The third kappa shape index (κ3) is 3.79. The van der Waals surface area contributed by atoms with Crippen molar-refractivity contribution in [2.75, 3.05) is 7.05 Å². The molecule has 5 rings (SSSR count). The van der Waals surface area contributed by atoms with Gasteiger partial charge in [-0.2, -0.15) is 0 Å². The predicted octanol–water partition coefficient (Wildman–Crippen LogP) is 5.41. The van der Waals surface area contributed by atoms with E-state index in [1.165, 1.54) is 0 Å². The molecule has 7 nitrogen and oxygen atoms in total. The van der Waals surface area contributed by atoms with Crippen molar-refractivity contribution in [3.8, 4) is 11.5 Å². The van der Waals surface area contributed by atoms with Gasteiger partial charge in [0.1, 0.15) is 5.52 Å². The Kier molecular flexibility index (Phi) is 5.25. The molecule has 0 spiro atoms. The van der Waals surface area contributed by atoms with Crippen molar-refractivity contribution in [1.82, 2.24) is 20.1 Å². The molecule has 2 aromatic carbocycles. The van der Waals surface area contributed by atoms with Crippen LogP contribution < -0.4 is 0 Å². The average molecular weight is 431 g/mol. The van der Waals surface area contributed by atoms with E-state index in [1.54, 1.807) is 0 Å². The summed E-state index contributed by atoms with van der Waals surface area (Å²) in [5.74, 6) is 2.35. The molecule has 2 unspecified atom stereocenters. The standard InChI is InChI=1S/C25H26N4O3/c1-15(2)22-27-28-24(32-22)18-12-13-19(14-18)29(3)25(30)17-10-8-16(9-11-17)23-26-20-6-4-5-7-21(20)31-23/h4-11,15,18-19H,12-14H2,1-3H3. The molecule has 0 bridgehead atoms. The molecule has 7 heteroatoms. The smallest absolute Gasteiger partial charge is 0.253 e. The minimum absolute atomic E-state index is 0.00756. The highest BCUT2D eigenvalue weighted by Gasteiger charge is 2.34. The van der Waals surface area contributed by atoms with Gasteiger partial charge in [-0.1, -0.05) is 26.0 Å². The Balaban J connectivity index is 1.26. The molecule has 1 aliphatic carbocycles. The number of carbonyl (C=O) groups is 1. The van der Waals surface area contributed by atoms with Crippen LogP contribution in [-0.2, 0) is 0 Å². The number of rotatable bonds is 5. The minimum Gasteiger partial charge on any atom is -0.436 e. The first-order chi connectivity index (χ1) is 15.5. The maximum Gasteiger partial charge on any atom is 0.253 e. The van der Waals surface area contributed by atoms with E-state index in [2.05, 4.69) is 15.2 Å². The summed E-state index contributed by atoms with van der Waals surface area (Å²) in [6.45, 7) is 4.08. The van der Waals surface area contributed by atoms with Crippen LogP contribution in [0, 0.1) is 0 Å². The summed E-state index contributed by atoms with van der Waals surface area (Å²) in [6.07, 6.45) is 2.70. The van der Waals surface area contributed by atoms with Gasteiger partial charge in [-0.25, -0.2) is 4.98 Å². The summed E-state index contributed by atoms with van der Waals surface area (Å²) in [5, 5.41) is 8.39. The Morgan fingerprint density at radius 1 is 1.03 bits per heavy atom. The van der Waals surface area contributed by atoms with Crippen molar-refractivity contribution >= 4 is 17.0 Å². The van der Waals surface area contributed by atoms with Gasteiger partial charge in [-0.05, 0) is 55.7 Å². The van der Waals surface area contributed by atoms with E-state index in [9.17, 15) is 4.79 Å². The molecule has 4 aromatic rings. The minimum atomic E-state index is 0.00756. The van der Waals surface area contributed by atoms with Gasteiger partial charge in [0.25, 0.3) is 5.91 Å². The fourth-order valence-electron chi connectivity index (χ4n) is 4.30. The molecular weight excluding hydrogens is 404 g/mol.